The molecule has 1 amide bonds. The van der Waals surface area contributed by atoms with E-state index in [2.05, 4.69) is 4.74 Å². The van der Waals surface area contributed by atoms with Crippen molar-refractivity contribution in [3.05, 3.63) is 71.8 Å². The van der Waals surface area contributed by atoms with Gasteiger partial charge in [0.2, 0.25) is 5.60 Å². The van der Waals surface area contributed by atoms with Crippen molar-refractivity contribution in [2.75, 3.05) is 6.61 Å². The van der Waals surface area contributed by atoms with E-state index in [0.29, 0.717) is 0 Å². The Kier molecular flexibility index (Phi) is 6.05. The Hall–Kier alpha value is -3.23. The van der Waals surface area contributed by atoms with Gasteiger partial charge in [-0.1, -0.05) is 60.7 Å². The Morgan fingerprint density at radius 1 is 0.962 bits per heavy atom. The second-order valence-corrected chi connectivity index (χ2v) is 5.34. The molecular formula is C18H17NO7. The van der Waals surface area contributed by atoms with Gasteiger partial charge in [0.1, 0.15) is 0 Å². The van der Waals surface area contributed by atoms with E-state index in [0.717, 1.165) is 0 Å². The Balaban J connectivity index is 2.31. The maximum Gasteiger partial charge on any atom is 0.415 e. The molecule has 4 N–H and O–H groups in total. The lowest BCUT2D eigenvalue weighted by molar-refractivity contribution is -0.155. The van der Waals surface area contributed by atoms with Gasteiger partial charge >= 0.3 is 18.0 Å². The highest BCUT2D eigenvalue weighted by Gasteiger charge is 2.43. The van der Waals surface area contributed by atoms with Gasteiger partial charge in [-0.15, -0.1) is 0 Å². The largest absolute Gasteiger partial charge is 0.480 e. The van der Waals surface area contributed by atoms with Crippen LogP contribution in [-0.2, 0) is 19.9 Å². The number of nitrogens with one attached hydrogen (secondary N) is 1. The molecule has 26 heavy (non-hydrogen) atoms. The predicted octanol–water partition coefficient (Wildman–Crippen LogP) is 0.621. The molecule has 136 valence electrons. The van der Waals surface area contributed by atoms with Crippen molar-refractivity contribution in [2.45, 2.75) is 11.6 Å². The SMILES string of the molecule is O=C(N[C@H](CO)C(=O)O)OC(=O)C(O)(c1ccccc1)c1ccccc1. The first-order chi connectivity index (χ1) is 12.4. The number of carbonyl (C=O) groups excluding carboxylic acids is 2. The van der Waals surface area contributed by atoms with Gasteiger partial charge in [-0.05, 0) is 11.1 Å². The summed E-state index contributed by atoms with van der Waals surface area (Å²) in [5, 5.41) is 30.6. The molecule has 0 saturated carbocycles. The van der Waals surface area contributed by atoms with Crippen molar-refractivity contribution in [3.8, 4) is 0 Å². The van der Waals surface area contributed by atoms with Crippen LogP contribution in [0.1, 0.15) is 11.1 Å². The zero-order chi connectivity index (χ0) is 19.2. The smallest absolute Gasteiger partial charge is 0.415 e. The van der Waals surface area contributed by atoms with Gasteiger partial charge in [-0.25, -0.2) is 14.4 Å². The van der Waals surface area contributed by atoms with Crippen LogP contribution in [0.15, 0.2) is 60.7 Å². The maximum atomic E-state index is 12.6. The molecule has 0 aliphatic carbocycles. The summed E-state index contributed by atoms with van der Waals surface area (Å²) in [6.07, 6.45) is -1.40. The van der Waals surface area contributed by atoms with Crippen molar-refractivity contribution in [3.63, 3.8) is 0 Å². The Morgan fingerprint density at radius 2 is 1.42 bits per heavy atom. The van der Waals surface area contributed by atoms with Crippen LogP contribution in [0.25, 0.3) is 0 Å². The van der Waals surface area contributed by atoms with Gasteiger partial charge in [-0.2, -0.15) is 0 Å². The van der Waals surface area contributed by atoms with Gasteiger partial charge in [0.05, 0.1) is 6.61 Å². The number of hydrogen-bond acceptors (Lipinski definition) is 6. The molecule has 0 bridgehead atoms. The normalized spacial score (nSPS) is 12.1. The number of rotatable bonds is 6. The zero-order valence-electron chi connectivity index (χ0n) is 13.5. The Labute approximate surface area is 148 Å². The molecule has 2 rings (SSSR count). The highest BCUT2D eigenvalue weighted by atomic mass is 16.6. The summed E-state index contributed by atoms with van der Waals surface area (Å²) in [5.41, 5.74) is -1.94. The molecule has 0 spiro atoms. The number of aliphatic carboxylic acids is 1. The van der Waals surface area contributed by atoms with Crippen molar-refractivity contribution in [2.24, 2.45) is 0 Å². The number of aliphatic hydroxyl groups is 2. The van der Waals surface area contributed by atoms with Crippen molar-refractivity contribution in [1.82, 2.24) is 5.32 Å². The summed E-state index contributed by atoms with van der Waals surface area (Å²) in [5.74, 6) is -2.81. The zero-order valence-corrected chi connectivity index (χ0v) is 13.5. The number of alkyl carbamates (subject to hydrolysis) is 1. The number of aliphatic hydroxyl groups excluding tert-OH is 1. The lowest BCUT2D eigenvalue weighted by Crippen LogP contribution is -2.47. The number of esters is 1. The summed E-state index contributed by atoms with van der Waals surface area (Å²) in [6.45, 7) is -0.889. The molecule has 1 atom stereocenters. The number of carbonyl (C=O) groups is 3. The van der Waals surface area contributed by atoms with Crippen LogP contribution in [0, 0.1) is 0 Å². The van der Waals surface area contributed by atoms with Gasteiger partial charge in [-0.3, -0.25) is 0 Å². The molecule has 0 saturated heterocycles. The Bertz CT molecular complexity index is 737. The van der Waals surface area contributed by atoms with E-state index in [4.69, 9.17) is 10.2 Å². The van der Waals surface area contributed by atoms with Gasteiger partial charge < -0.3 is 25.4 Å². The van der Waals surface area contributed by atoms with E-state index >= 15 is 0 Å². The van der Waals surface area contributed by atoms with E-state index in [1.807, 2.05) is 5.32 Å². The number of carboxylic acid groups (broad SMARTS) is 1. The molecule has 0 fully saturated rings. The molecule has 2 aromatic carbocycles. The third-order valence-corrected chi connectivity index (χ3v) is 3.64. The molecule has 0 aromatic heterocycles. The first-order valence-corrected chi connectivity index (χ1v) is 7.59. The molecule has 2 aromatic rings. The fourth-order valence-electron chi connectivity index (χ4n) is 2.28. The van der Waals surface area contributed by atoms with Gasteiger partial charge in [0, 0.05) is 0 Å². The third kappa shape index (κ3) is 4.05. The molecule has 0 heterocycles. The van der Waals surface area contributed by atoms with Crippen molar-refractivity contribution >= 4 is 18.0 Å². The lowest BCUT2D eigenvalue weighted by Gasteiger charge is -2.26. The van der Waals surface area contributed by atoms with Crippen LogP contribution in [0.5, 0.6) is 0 Å². The van der Waals surface area contributed by atoms with E-state index < -0.39 is 36.3 Å². The third-order valence-electron chi connectivity index (χ3n) is 3.64. The fraction of sp³-hybridized carbons (Fsp3) is 0.167. The summed E-state index contributed by atoms with van der Waals surface area (Å²) >= 11 is 0. The van der Waals surface area contributed by atoms with Crippen LogP contribution in [0.4, 0.5) is 4.79 Å². The molecule has 0 aliphatic rings. The van der Waals surface area contributed by atoms with Crippen LogP contribution < -0.4 is 5.32 Å². The number of carboxylic acids is 1. The summed E-state index contributed by atoms with van der Waals surface area (Å²) in [6, 6.07) is 14.1. The summed E-state index contributed by atoms with van der Waals surface area (Å²) in [7, 11) is 0. The van der Waals surface area contributed by atoms with E-state index in [1.165, 1.54) is 24.3 Å². The summed E-state index contributed by atoms with van der Waals surface area (Å²) in [4.78, 5) is 35.2. The molecule has 0 radical (unpaired) electrons. The van der Waals surface area contributed by atoms with Crippen LogP contribution in [0.2, 0.25) is 0 Å². The second-order valence-electron chi connectivity index (χ2n) is 5.34. The highest BCUT2D eigenvalue weighted by Crippen LogP contribution is 2.31. The maximum absolute atomic E-state index is 12.6. The number of benzene rings is 2. The predicted molar refractivity (Wildman–Crippen MR) is 89.0 cm³/mol. The summed E-state index contributed by atoms with van der Waals surface area (Å²) < 4.78 is 4.59. The van der Waals surface area contributed by atoms with Crippen LogP contribution in [0.3, 0.4) is 0 Å². The van der Waals surface area contributed by atoms with E-state index in [-0.39, 0.29) is 11.1 Å². The van der Waals surface area contributed by atoms with Crippen LogP contribution >= 0.6 is 0 Å². The van der Waals surface area contributed by atoms with Crippen molar-refractivity contribution in [1.29, 1.82) is 0 Å². The first kappa shape index (κ1) is 19.1. The average Bonchev–Trinajstić information content (AvgIpc) is 2.66. The minimum atomic E-state index is -2.28. The van der Waals surface area contributed by atoms with E-state index in [1.54, 1.807) is 36.4 Å². The van der Waals surface area contributed by atoms with Crippen LogP contribution in [-0.4, -0.2) is 46.0 Å². The number of ether oxygens (including phenoxy) is 1. The molecule has 8 nitrogen and oxygen atoms in total. The van der Waals surface area contributed by atoms with E-state index in [9.17, 15) is 19.5 Å². The highest BCUT2D eigenvalue weighted by molar-refractivity contribution is 5.94. The lowest BCUT2D eigenvalue weighted by atomic mass is 9.86. The van der Waals surface area contributed by atoms with Gasteiger partial charge in [0.15, 0.2) is 6.04 Å². The molecule has 0 unspecified atom stereocenters. The Morgan fingerprint density at radius 3 is 1.81 bits per heavy atom. The quantitative estimate of drug-likeness (QED) is 0.439. The standard InChI is InChI=1S/C18H17NO7/c20-11-14(15(21)22)19-17(24)26-16(23)18(25,12-7-3-1-4-8-12)13-9-5-2-6-10-13/h1-10,14,20,25H,11H2,(H,19,24)(H,21,22)/t14-/m1/s1. The average molecular weight is 359 g/mol. The topological polar surface area (TPSA) is 133 Å². The first-order valence-electron chi connectivity index (χ1n) is 7.59. The molecule has 0 aliphatic heterocycles. The minimum absolute atomic E-state index is 0.168. The monoisotopic (exact) mass is 359 g/mol. The molecular weight excluding hydrogens is 342 g/mol. The number of amides is 1. The van der Waals surface area contributed by atoms with Gasteiger partial charge in [0.25, 0.3) is 0 Å². The second kappa shape index (κ2) is 8.24. The van der Waals surface area contributed by atoms with Crippen molar-refractivity contribution < 1.29 is 34.4 Å². The minimum Gasteiger partial charge on any atom is -0.480 e. The molecule has 8 heteroatoms. The fourth-order valence-corrected chi connectivity index (χ4v) is 2.28. The number of hydrogen-bond donors (Lipinski definition) is 4.